The topological polar surface area (TPSA) is 29.3 Å². The van der Waals surface area contributed by atoms with Crippen LogP contribution in [-0.4, -0.2) is 40.6 Å². The monoisotopic (exact) mass is 270 g/mol. The number of piperidine rings is 1. The molecule has 2 saturated heterocycles. The van der Waals surface area contributed by atoms with E-state index in [1.807, 2.05) is 0 Å². The van der Waals surface area contributed by atoms with Crippen molar-refractivity contribution in [2.45, 2.75) is 75.6 Å². The van der Waals surface area contributed by atoms with Crippen LogP contribution in [0.2, 0.25) is 0 Å². The van der Waals surface area contributed by atoms with Crippen LogP contribution in [0, 0.1) is 0 Å². The maximum absolute atomic E-state index is 6.26. The first-order chi connectivity index (χ1) is 8.74. The molecule has 0 aliphatic carbocycles. The minimum atomic E-state index is 0.295. The number of hydrogen-bond donors (Lipinski definition) is 1. The fraction of sp³-hybridized carbons (Fsp3) is 1.00. The number of hydrogen-bond acceptors (Lipinski definition) is 3. The fourth-order valence-corrected chi connectivity index (χ4v) is 5.30. The number of thioether (sulfide) groups is 1. The molecular weight excluding hydrogens is 240 g/mol. The van der Waals surface area contributed by atoms with E-state index >= 15 is 0 Å². The smallest absolute Gasteiger partial charge is 0.0450 e. The molecule has 3 atom stereocenters. The predicted octanol–water partition coefficient (Wildman–Crippen LogP) is 3.25. The van der Waals surface area contributed by atoms with Gasteiger partial charge in [0.15, 0.2) is 0 Å². The molecule has 2 heterocycles. The molecule has 106 valence electrons. The van der Waals surface area contributed by atoms with Crippen LogP contribution in [-0.2, 0) is 0 Å². The van der Waals surface area contributed by atoms with E-state index in [9.17, 15) is 0 Å². The molecule has 2 nitrogen and oxygen atoms in total. The van der Waals surface area contributed by atoms with Gasteiger partial charge in [-0.25, -0.2) is 0 Å². The van der Waals surface area contributed by atoms with Crippen molar-refractivity contribution in [3.63, 3.8) is 0 Å². The third kappa shape index (κ3) is 2.73. The van der Waals surface area contributed by atoms with Crippen LogP contribution in [0.25, 0.3) is 0 Å². The maximum atomic E-state index is 6.26. The molecule has 0 bridgehead atoms. The van der Waals surface area contributed by atoms with Crippen LogP contribution in [0.15, 0.2) is 0 Å². The SMILES string of the molecule is CCCC1CCCCN1C1(CN)CCCSC1C. The summed E-state index contributed by atoms with van der Waals surface area (Å²) in [7, 11) is 0. The van der Waals surface area contributed by atoms with Gasteiger partial charge < -0.3 is 5.73 Å². The van der Waals surface area contributed by atoms with Crippen molar-refractivity contribution >= 4 is 11.8 Å². The van der Waals surface area contributed by atoms with E-state index in [1.54, 1.807) is 0 Å². The summed E-state index contributed by atoms with van der Waals surface area (Å²) in [5.41, 5.74) is 6.56. The van der Waals surface area contributed by atoms with Crippen LogP contribution >= 0.6 is 11.8 Å². The van der Waals surface area contributed by atoms with Crippen molar-refractivity contribution < 1.29 is 0 Å². The van der Waals surface area contributed by atoms with Gasteiger partial charge in [-0.1, -0.05) is 26.7 Å². The largest absolute Gasteiger partial charge is 0.329 e. The summed E-state index contributed by atoms with van der Waals surface area (Å²) in [6, 6.07) is 0.799. The molecule has 0 aromatic heterocycles. The van der Waals surface area contributed by atoms with Crippen molar-refractivity contribution in [2.24, 2.45) is 5.73 Å². The Hall–Kier alpha value is 0.270. The van der Waals surface area contributed by atoms with E-state index in [-0.39, 0.29) is 0 Å². The quantitative estimate of drug-likeness (QED) is 0.850. The molecule has 0 aromatic rings. The van der Waals surface area contributed by atoms with Crippen molar-refractivity contribution in [1.29, 1.82) is 0 Å². The standard InChI is InChI=1S/C15H30N2S/c1-3-7-14-8-4-5-10-17(14)15(12-16)9-6-11-18-13(15)2/h13-14H,3-12,16H2,1-2H3. The zero-order chi connectivity index (χ0) is 13.0. The summed E-state index contributed by atoms with van der Waals surface area (Å²) in [6.07, 6.45) is 9.53. The molecule has 3 unspecified atom stereocenters. The second kappa shape index (κ2) is 6.62. The molecule has 2 aliphatic heterocycles. The van der Waals surface area contributed by atoms with Gasteiger partial charge >= 0.3 is 0 Å². The lowest BCUT2D eigenvalue weighted by Crippen LogP contribution is -2.64. The van der Waals surface area contributed by atoms with E-state index in [2.05, 4.69) is 30.5 Å². The van der Waals surface area contributed by atoms with Crippen LogP contribution < -0.4 is 5.73 Å². The molecule has 0 saturated carbocycles. The highest BCUT2D eigenvalue weighted by molar-refractivity contribution is 8.00. The van der Waals surface area contributed by atoms with Gasteiger partial charge in [-0.15, -0.1) is 0 Å². The molecule has 2 aliphatic rings. The number of nitrogens with two attached hydrogens (primary N) is 1. The molecule has 0 aromatic carbocycles. The van der Waals surface area contributed by atoms with Gasteiger partial charge in [0, 0.05) is 23.4 Å². The number of rotatable bonds is 4. The normalized spacial score (nSPS) is 38.8. The van der Waals surface area contributed by atoms with Gasteiger partial charge in [0.2, 0.25) is 0 Å². The summed E-state index contributed by atoms with van der Waals surface area (Å²) in [4.78, 5) is 2.83. The Morgan fingerprint density at radius 1 is 1.33 bits per heavy atom. The first-order valence-electron chi connectivity index (χ1n) is 7.83. The van der Waals surface area contributed by atoms with Crippen molar-refractivity contribution in [2.75, 3.05) is 18.8 Å². The van der Waals surface area contributed by atoms with Gasteiger partial charge in [0.25, 0.3) is 0 Å². The van der Waals surface area contributed by atoms with E-state index in [0.717, 1.165) is 12.6 Å². The maximum Gasteiger partial charge on any atom is 0.0450 e. The van der Waals surface area contributed by atoms with E-state index in [1.165, 1.54) is 57.2 Å². The Morgan fingerprint density at radius 2 is 2.17 bits per heavy atom. The summed E-state index contributed by atoms with van der Waals surface area (Å²) in [6.45, 7) is 6.86. The molecule has 2 fully saturated rings. The average Bonchev–Trinajstić information content (AvgIpc) is 2.41. The van der Waals surface area contributed by atoms with Gasteiger partial charge in [-0.05, 0) is 44.4 Å². The third-order valence-electron chi connectivity index (χ3n) is 5.05. The molecule has 0 spiro atoms. The Morgan fingerprint density at radius 3 is 2.83 bits per heavy atom. The minimum Gasteiger partial charge on any atom is -0.329 e. The van der Waals surface area contributed by atoms with E-state index < -0.39 is 0 Å². The molecule has 0 amide bonds. The highest BCUT2D eigenvalue weighted by atomic mass is 32.2. The predicted molar refractivity (Wildman–Crippen MR) is 82.2 cm³/mol. The molecule has 18 heavy (non-hydrogen) atoms. The molecule has 2 N–H and O–H groups in total. The second-order valence-corrected chi connectivity index (χ2v) is 7.50. The Balaban J connectivity index is 2.17. The lowest BCUT2D eigenvalue weighted by molar-refractivity contribution is 0.0104. The first kappa shape index (κ1) is 14.7. The Labute approximate surface area is 117 Å². The van der Waals surface area contributed by atoms with E-state index in [4.69, 9.17) is 5.73 Å². The molecule has 3 heteroatoms. The average molecular weight is 270 g/mol. The van der Waals surface area contributed by atoms with Crippen LogP contribution in [0.4, 0.5) is 0 Å². The Bertz CT molecular complexity index is 257. The van der Waals surface area contributed by atoms with Crippen molar-refractivity contribution in [3.8, 4) is 0 Å². The highest BCUT2D eigenvalue weighted by Gasteiger charge is 2.45. The zero-order valence-electron chi connectivity index (χ0n) is 12.2. The van der Waals surface area contributed by atoms with Crippen molar-refractivity contribution in [3.05, 3.63) is 0 Å². The fourth-order valence-electron chi connectivity index (χ4n) is 3.98. The van der Waals surface area contributed by atoms with Crippen LogP contribution in [0.5, 0.6) is 0 Å². The number of nitrogens with zero attached hydrogens (tertiary/aromatic N) is 1. The lowest BCUT2D eigenvalue weighted by Gasteiger charge is -2.54. The summed E-state index contributed by atoms with van der Waals surface area (Å²) in [5, 5.41) is 0.703. The second-order valence-electron chi connectivity index (χ2n) is 6.06. The summed E-state index contributed by atoms with van der Waals surface area (Å²) in [5.74, 6) is 1.33. The zero-order valence-corrected chi connectivity index (χ0v) is 13.0. The van der Waals surface area contributed by atoms with E-state index in [0.29, 0.717) is 10.8 Å². The van der Waals surface area contributed by atoms with Crippen LogP contribution in [0.3, 0.4) is 0 Å². The van der Waals surface area contributed by atoms with Crippen LogP contribution in [0.1, 0.15) is 58.8 Å². The molecule has 2 rings (SSSR count). The van der Waals surface area contributed by atoms with Gasteiger partial charge in [0.1, 0.15) is 0 Å². The molecular formula is C15H30N2S. The van der Waals surface area contributed by atoms with Gasteiger partial charge in [0.05, 0.1) is 0 Å². The molecule has 0 radical (unpaired) electrons. The van der Waals surface area contributed by atoms with Gasteiger partial charge in [-0.3, -0.25) is 4.90 Å². The number of likely N-dealkylation sites (tertiary alicyclic amines) is 1. The highest BCUT2D eigenvalue weighted by Crippen LogP contribution is 2.41. The Kier molecular flexibility index (Phi) is 5.40. The minimum absolute atomic E-state index is 0.295. The lowest BCUT2D eigenvalue weighted by atomic mass is 9.82. The third-order valence-corrected chi connectivity index (χ3v) is 6.52. The van der Waals surface area contributed by atoms with Crippen molar-refractivity contribution in [1.82, 2.24) is 4.90 Å². The summed E-state index contributed by atoms with van der Waals surface area (Å²) >= 11 is 2.14. The van der Waals surface area contributed by atoms with Gasteiger partial charge in [-0.2, -0.15) is 11.8 Å². The summed E-state index contributed by atoms with van der Waals surface area (Å²) < 4.78 is 0. The first-order valence-corrected chi connectivity index (χ1v) is 8.88.